The van der Waals surface area contributed by atoms with Crippen molar-refractivity contribution in [1.82, 2.24) is 19.8 Å². The highest BCUT2D eigenvalue weighted by atomic mass is 32.2. The van der Waals surface area contributed by atoms with Crippen molar-refractivity contribution in [3.8, 4) is 17.1 Å². The number of hydrogen-bond donors (Lipinski definition) is 1. The van der Waals surface area contributed by atoms with Crippen molar-refractivity contribution in [2.45, 2.75) is 76.8 Å². The predicted molar refractivity (Wildman–Crippen MR) is 176 cm³/mol. The molecule has 1 atom stereocenters. The zero-order valence-electron chi connectivity index (χ0n) is 27.4. The van der Waals surface area contributed by atoms with Gasteiger partial charge in [-0.05, 0) is 86.6 Å². The summed E-state index contributed by atoms with van der Waals surface area (Å²) in [6.07, 6.45) is 3.96. The molecule has 46 heavy (non-hydrogen) atoms. The predicted octanol–water partition coefficient (Wildman–Crippen LogP) is 5.46. The molecule has 4 bridgehead atoms. The van der Waals surface area contributed by atoms with Crippen LogP contribution in [0.5, 0.6) is 5.88 Å². The minimum Gasteiger partial charge on any atom is -0.475 e. The number of anilines is 1. The summed E-state index contributed by atoms with van der Waals surface area (Å²) in [5.74, 6) is 0.361. The van der Waals surface area contributed by atoms with Gasteiger partial charge in [-0.25, -0.2) is 18.1 Å². The fraction of sp³-hybridized carbons (Fsp3) is 0.486. The molecule has 1 aliphatic heterocycles. The highest BCUT2D eigenvalue weighted by molar-refractivity contribution is 7.92. The zero-order chi connectivity index (χ0) is 33.0. The second-order valence-corrected chi connectivity index (χ2v) is 15.7. The molecule has 3 aliphatic rings. The Morgan fingerprint density at radius 3 is 2.37 bits per heavy atom. The number of benzene rings is 2. The standard InChI is InChI=1S/C35H43N5O5S/c1-21(2)13-26-20-45-30-15-29(31-22(3)9-7-10-23(31)4)36-34(37-30)38-46(43,44)28-12-8-11-24(14-28)33(42)40(26)27-18-35(19-27)16-25(17-35)32(41)39(5)6/h7-12,14-15,21,25-27H,13,16-20H2,1-6H3,(H,36,37,38)/t25?,26-,27?,35?/m1/s1. The fourth-order valence-corrected chi connectivity index (χ4v) is 8.62. The maximum atomic E-state index is 14.4. The lowest BCUT2D eigenvalue weighted by molar-refractivity contribution is -0.150. The van der Waals surface area contributed by atoms with Crippen molar-refractivity contribution in [2.24, 2.45) is 17.3 Å². The molecule has 2 saturated carbocycles. The number of amides is 2. The molecular weight excluding hydrogens is 602 g/mol. The molecule has 10 nitrogen and oxygen atoms in total. The van der Waals surface area contributed by atoms with Gasteiger partial charge in [0.1, 0.15) is 6.61 Å². The third-order valence-corrected chi connectivity index (χ3v) is 11.1. The van der Waals surface area contributed by atoms with Crippen molar-refractivity contribution in [1.29, 1.82) is 0 Å². The summed E-state index contributed by atoms with van der Waals surface area (Å²) in [4.78, 5) is 39.6. The SMILES string of the molecule is Cc1cccc(C)c1-c1cc2nc(n1)NS(=O)(=O)c1cccc(c1)C(=O)N(C1CC3(CC(C(=O)N(C)C)C3)C1)[C@H](CC(C)C)CO2. The molecule has 0 unspecified atom stereocenters. The van der Waals surface area contributed by atoms with E-state index >= 15 is 0 Å². The van der Waals surface area contributed by atoms with E-state index in [1.165, 1.54) is 12.1 Å². The van der Waals surface area contributed by atoms with Gasteiger partial charge in [-0.1, -0.05) is 38.1 Å². The number of carbonyl (C=O) groups is 2. The average Bonchev–Trinajstić information content (AvgIpc) is 2.94. The topological polar surface area (TPSA) is 122 Å². The molecule has 11 heteroatoms. The first-order chi connectivity index (χ1) is 21.7. The van der Waals surface area contributed by atoms with E-state index in [1.54, 1.807) is 37.2 Å². The van der Waals surface area contributed by atoms with E-state index in [2.05, 4.69) is 28.5 Å². The Morgan fingerprint density at radius 2 is 1.72 bits per heavy atom. The van der Waals surface area contributed by atoms with Crippen LogP contribution < -0.4 is 9.46 Å². The maximum absolute atomic E-state index is 14.4. The summed E-state index contributed by atoms with van der Waals surface area (Å²) in [5, 5.41) is 0. The molecule has 1 spiro atoms. The number of aromatic nitrogens is 2. The Bertz CT molecular complexity index is 1760. The van der Waals surface area contributed by atoms with Crippen LogP contribution in [-0.4, -0.2) is 72.8 Å². The Labute approximate surface area is 271 Å². The van der Waals surface area contributed by atoms with Crippen LogP contribution >= 0.6 is 0 Å². The van der Waals surface area contributed by atoms with Gasteiger partial charge in [0.2, 0.25) is 17.7 Å². The molecular formula is C35H43N5O5S. The van der Waals surface area contributed by atoms with Crippen LogP contribution in [0.1, 0.15) is 67.4 Å². The lowest BCUT2D eigenvalue weighted by atomic mass is 9.49. The smallest absolute Gasteiger partial charge is 0.264 e. The first-order valence-corrected chi connectivity index (χ1v) is 17.5. The molecule has 2 amide bonds. The van der Waals surface area contributed by atoms with Crippen molar-refractivity contribution < 1.29 is 22.7 Å². The first kappa shape index (κ1) is 32.0. The van der Waals surface area contributed by atoms with Crippen molar-refractivity contribution in [3.63, 3.8) is 0 Å². The van der Waals surface area contributed by atoms with Gasteiger partial charge in [0.15, 0.2) is 0 Å². The highest BCUT2D eigenvalue weighted by Crippen LogP contribution is 2.60. The lowest BCUT2D eigenvalue weighted by Crippen LogP contribution is -2.62. The van der Waals surface area contributed by atoms with Gasteiger partial charge >= 0.3 is 0 Å². The van der Waals surface area contributed by atoms with E-state index in [9.17, 15) is 18.0 Å². The minimum absolute atomic E-state index is 0.0314. The number of nitrogens with zero attached hydrogens (tertiary/aromatic N) is 4. The van der Waals surface area contributed by atoms with Crippen LogP contribution in [0.25, 0.3) is 11.3 Å². The number of ether oxygens (including phenoxy) is 1. The second-order valence-electron chi connectivity index (χ2n) is 14.0. The van der Waals surface area contributed by atoms with Gasteiger partial charge in [0.05, 0.1) is 16.6 Å². The molecule has 3 aromatic rings. The molecule has 0 radical (unpaired) electrons. The molecule has 1 N–H and O–H groups in total. The summed E-state index contributed by atoms with van der Waals surface area (Å²) < 4.78 is 36.2. The van der Waals surface area contributed by atoms with Crippen molar-refractivity contribution in [2.75, 3.05) is 25.4 Å². The normalized spacial score (nSPS) is 25.2. The Hall–Kier alpha value is -3.99. The van der Waals surface area contributed by atoms with Gasteiger partial charge in [0, 0.05) is 43.2 Å². The van der Waals surface area contributed by atoms with Crippen LogP contribution in [0.2, 0.25) is 0 Å². The first-order valence-electron chi connectivity index (χ1n) is 16.0. The van der Waals surface area contributed by atoms with Crippen LogP contribution in [0.4, 0.5) is 5.95 Å². The number of rotatable bonds is 5. The van der Waals surface area contributed by atoms with Gasteiger partial charge < -0.3 is 14.5 Å². The van der Waals surface area contributed by atoms with Gasteiger partial charge in [-0.2, -0.15) is 4.98 Å². The third-order valence-electron chi connectivity index (χ3n) is 9.73. The van der Waals surface area contributed by atoms with Crippen LogP contribution in [0, 0.1) is 31.1 Å². The van der Waals surface area contributed by atoms with Crippen LogP contribution in [0.3, 0.4) is 0 Å². The molecule has 2 aromatic carbocycles. The third kappa shape index (κ3) is 6.09. The number of hydrogen-bond acceptors (Lipinski definition) is 7. The molecule has 244 valence electrons. The Balaban J connectivity index is 1.39. The molecule has 1 aromatic heterocycles. The Morgan fingerprint density at radius 1 is 1.04 bits per heavy atom. The summed E-state index contributed by atoms with van der Waals surface area (Å²) in [6.45, 7) is 8.39. The molecule has 0 saturated heterocycles. The molecule has 2 heterocycles. The molecule has 6 rings (SSSR count). The minimum atomic E-state index is -4.14. The Kier molecular flexibility index (Phi) is 8.33. The zero-order valence-corrected chi connectivity index (χ0v) is 28.2. The number of nitrogens with one attached hydrogen (secondary N) is 1. The lowest BCUT2D eigenvalue weighted by Gasteiger charge is -2.60. The molecule has 2 fully saturated rings. The van der Waals surface area contributed by atoms with E-state index in [-0.39, 0.29) is 64.5 Å². The van der Waals surface area contributed by atoms with E-state index in [0.29, 0.717) is 17.7 Å². The summed E-state index contributed by atoms with van der Waals surface area (Å²) in [5.41, 5.74) is 3.76. The monoisotopic (exact) mass is 645 g/mol. The summed E-state index contributed by atoms with van der Waals surface area (Å²) >= 11 is 0. The molecule has 2 aliphatic carbocycles. The van der Waals surface area contributed by atoms with E-state index in [1.807, 2.05) is 36.9 Å². The van der Waals surface area contributed by atoms with Gasteiger partial charge in [0.25, 0.3) is 15.9 Å². The largest absolute Gasteiger partial charge is 0.475 e. The van der Waals surface area contributed by atoms with Gasteiger partial charge in [-0.3, -0.25) is 9.59 Å². The van der Waals surface area contributed by atoms with Crippen molar-refractivity contribution in [3.05, 3.63) is 65.2 Å². The number of fused-ring (bicyclic) bond motifs is 4. The number of sulfonamides is 1. The summed E-state index contributed by atoms with van der Waals surface area (Å²) in [7, 11) is -0.551. The number of aryl methyl sites for hydroxylation is 2. The highest BCUT2D eigenvalue weighted by Gasteiger charge is 2.57. The maximum Gasteiger partial charge on any atom is 0.264 e. The van der Waals surface area contributed by atoms with E-state index in [0.717, 1.165) is 42.4 Å². The van der Waals surface area contributed by atoms with Crippen molar-refractivity contribution >= 4 is 27.8 Å². The average molecular weight is 646 g/mol. The van der Waals surface area contributed by atoms with E-state index in [4.69, 9.17) is 4.74 Å². The number of carbonyl (C=O) groups excluding carboxylic acids is 2. The van der Waals surface area contributed by atoms with Gasteiger partial charge in [-0.15, -0.1) is 0 Å². The quantitative estimate of drug-likeness (QED) is 0.391. The van der Waals surface area contributed by atoms with E-state index < -0.39 is 10.0 Å². The second kappa shape index (κ2) is 12.0. The summed E-state index contributed by atoms with van der Waals surface area (Å²) in [6, 6.07) is 13.5. The van der Waals surface area contributed by atoms with Crippen LogP contribution in [0.15, 0.2) is 53.4 Å². The van der Waals surface area contributed by atoms with Crippen LogP contribution in [-0.2, 0) is 14.8 Å². The fourth-order valence-electron chi connectivity index (χ4n) is 7.63.